The topological polar surface area (TPSA) is 86.5 Å². The molecule has 1 fully saturated rings. The van der Waals surface area contributed by atoms with Gasteiger partial charge < -0.3 is 9.47 Å². The van der Waals surface area contributed by atoms with Gasteiger partial charge in [-0.25, -0.2) is 5.84 Å². The van der Waals surface area contributed by atoms with Gasteiger partial charge in [0.05, 0.1) is 17.8 Å². The van der Waals surface area contributed by atoms with E-state index in [4.69, 9.17) is 15.3 Å². The van der Waals surface area contributed by atoms with Gasteiger partial charge in [0, 0.05) is 5.39 Å². The lowest BCUT2D eigenvalue weighted by Gasteiger charge is -2.13. The maximum Gasteiger partial charge on any atom is 0.263 e. The highest BCUT2D eigenvalue weighted by Crippen LogP contribution is 2.22. The summed E-state index contributed by atoms with van der Waals surface area (Å²) in [4.78, 5) is 15.7. The minimum absolute atomic E-state index is 0.0984. The smallest absolute Gasteiger partial charge is 0.263 e. The van der Waals surface area contributed by atoms with Crippen molar-refractivity contribution >= 4 is 16.8 Å². The number of rotatable bonds is 4. The van der Waals surface area contributed by atoms with Crippen LogP contribution >= 0.6 is 0 Å². The molecule has 2 aromatic rings. The normalized spacial score (nSPS) is 21.4. The van der Waals surface area contributed by atoms with Crippen LogP contribution in [-0.2, 0) is 9.53 Å². The number of fused-ring (bicyclic) bond motifs is 1. The van der Waals surface area contributed by atoms with Gasteiger partial charge in [0.25, 0.3) is 5.91 Å². The molecule has 110 valence electrons. The highest BCUT2D eigenvalue weighted by molar-refractivity contribution is 5.80. The summed E-state index contributed by atoms with van der Waals surface area (Å²) in [6.45, 7) is 0.397. The molecule has 1 aromatic carbocycles. The van der Waals surface area contributed by atoms with Crippen LogP contribution in [0.3, 0.4) is 0 Å². The number of nitrogens with two attached hydrogens (primary N) is 1. The number of ether oxygens (including phenoxy) is 2. The molecule has 1 aliphatic heterocycles. The third kappa shape index (κ3) is 3.12. The second kappa shape index (κ2) is 6.07. The molecule has 6 nitrogen and oxygen atoms in total. The first kappa shape index (κ1) is 13.8. The van der Waals surface area contributed by atoms with Crippen LogP contribution in [0.15, 0.2) is 36.5 Å². The lowest BCUT2D eigenvalue weighted by atomic mass is 10.2. The van der Waals surface area contributed by atoms with Gasteiger partial charge in [0.15, 0.2) is 0 Å². The molecule has 0 radical (unpaired) electrons. The number of aromatic nitrogens is 1. The first-order valence-electron chi connectivity index (χ1n) is 6.90. The van der Waals surface area contributed by atoms with Crippen LogP contribution in [0.25, 0.3) is 10.9 Å². The zero-order valence-electron chi connectivity index (χ0n) is 11.5. The molecule has 21 heavy (non-hydrogen) atoms. The zero-order chi connectivity index (χ0) is 14.7. The van der Waals surface area contributed by atoms with Crippen molar-refractivity contribution in [2.45, 2.75) is 25.0 Å². The van der Waals surface area contributed by atoms with E-state index in [0.29, 0.717) is 18.8 Å². The Balaban J connectivity index is 1.58. The molecular weight excluding hydrogens is 270 g/mol. The van der Waals surface area contributed by atoms with Gasteiger partial charge in [-0.1, -0.05) is 18.2 Å². The van der Waals surface area contributed by atoms with E-state index in [1.54, 1.807) is 6.20 Å². The van der Waals surface area contributed by atoms with Crippen molar-refractivity contribution in [1.29, 1.82) is 0 Å². The van der Waals surface area contributed by atoms with Crippen molar-refractivity contribution in [3.05, 3.63) is 36.5 Å². The number of nitrogens with one attached hydrogen (secondary N) is 1. The third-order valence-corrected chi connectivity index (χ3v) is 3.54. The number of hydrogen-bond acceptors (Lipinski definition) is 5. The Morgan fingerprint density at radius 3 is 3.14 bits per heavy atom. The minimum Gasteiger partial charge on any atom is -0.489 e. The quantitative estimate of drug-likeness (QED) is 0.500. The molecule has 0 spiro atoms. The Morgan fingerprint density at radius 2 is 2.29 bits per heavy atom. The predicted octanol–water partition coefficient (Wildman–Crippen LogP) is 1.15. The summed E-state index contributed by atoms with van der Waals surface area (Å²) in [5, 5.41) is 1.03. The summed E-state index contributed by atoms with van der Waals surface area (Å²) in [5.41, 5.74) is 3.04. The second-order valence-corrected chi connectivity index (χ2v) is 5.01. The number of hydrogen-bond donors (Lipinski definition) is 2. The third-order valence-electron chi connectivity index (χ3n) is 3.54. The van der Waals surface area contributed by atoms with Crippen molar-refractivity contribution in [3.8, 4) is 5.75 Å². The van der Waals surface area contributed by atoms with Crippen LogP contribution in [0.5, 0.6) is 5.75 Å². The summed E-state index contributed by atoms with van der Waals surface area (Å²) >= 11 is 0. The number of para-hydroxylation sites is 1. The van der Waals surface area contributed by atoms with E-state index in [9.17, 15) is 4.79 Å². The Labute approximate surface area is 122 Å². The number of amides is 1. The van der Waals surface area contributed by atoms with Crippen LogP contribution < -0.4 is 16.0 Å². The second-order valence-electron chi connectivity index (χ2n) is 5.01. The molecule has 0 aliphatic carbocycles. The average molecular weight is 287 g/mol. The van der Waals surface area contributed by atoms with E-state index >= 15 is 0 Å². The SMILES string of the molecule is NNC(=O)C1CCC(COc2cnc3ccccc3c2)O1. The number of nitrogens with zero attached hydrogens (tertiary/aromatic N) is 1. The van der Waals surface area contributed by atoms with Gasteiger partial charge in [0.2, 0.25) is 0 Å². The van der Waals surface area contributed by atoms with Crippen LogP contribution in [0.1, 0.15) is 12.8 Å². The molecular formula is C15H17N3O3. The fourth-order valence-corrected chi connectivity index (χ4v) is 2.43. The molecule has 0 saturated carbocycles. The molecule has 2 atom stereocenters. The van der Waals surface area contributed by atoms with Crippen molar-refractivity contribution in [2.24, 2.45) is 5.84 Å². The van der Waals surface area contributed by atoms with Crippen molar-refractivity contribution in [2.75, 3.05) is 6.61 Å². The molecule has 0 bridgehead atoms. The van der Waals surface area contributed by atoms with E-state index < -0.39 is 6.10 Å². The van der Waals surface area contributed by atoms with Crippen LogP contribution in [0, 0.1) is 0 Å². The summed E-state index contributed by atoms with van der Waals surface area (Å²) in [7, 11) is 0. The molecule has 1 aliphatic rings. The van der Waals surface area contributed by atoms with E-state index in [0.717, 1.165) is 17.3 Å². The summed E-state index contributed by atoms with van der Waals surface area (Å²) in [6, 6.07) is 9.80. The highest BCUT2D eigenvalue weighted by Gasteiger charge is 2.30. The van der Waals surface area contributed by atoms with Crippen molar-refractivity contribution in [1.82, 2.24) is 10.4 Å². The van der Waals surface area contributed by atoms with Gasteiger partial charge in [-0.05, 0) is 25.0 Å². The van der Waals surface area contributed by atoms with Gasteiger partial charge in [-0.15, -0.1) is 0 Å². The highest BCUT2D eigenvalue weighted by atomic mass is 16.5. The minimum atomic E-state index is -0.474. The van der Waals surface area contributed by atoms with Gasteiger partial charge in [0.1, 0.15) is 18.5 Å². The maximum absolute atomic E-state index is 11.4. The molecule has 2 heterocycles. The van der Waals surface area contributed by atoms with Crippen molar-refractivity contribution < 1.29 is 14.3 Å². The fourth-order valence-electron chi connectivity index (χ4n) is 2.43. The van der Waals surface area contributed by atoms with Crippen LogP contribution in [0.4, 0.5) is 0 Å². The maximum atomic E-state index is 11.4. The standard InChI is InChI=1S/C15H17N3O3/c16-18-15(19)14-6-5-11(21-14)9-20-12-7-10-3-1-2-4-13(10)17-8-12/h1-4,7-8,11,14H,5-6,9,16H2,(H,18,19). The molecule has 3 N–H and O–H groups in total. The Kier molecular flexibility index (Phi) is 3.98. The largest absolute Gasteiger partial charge is 0.489 e. The number of hydrazine groups is 1. The Bertz CT molecular complexity index is 647. The Hall–Kier alpha value is -2.18. The average Bonchev–Trinajstić information content (AvgIpc) is 3.01. The summed E-state index contributed by atoms with van der Waals surface area (Å²) in [6.07, 6.45) is 2.56. The van der Waals surface area contributed by atoms with Gasteiger partial charge in [-0.2, -0.15) is 0 Å². The Morgan fingerprint density at radius 1 is 1.43 bits per heavy atom. The first-order valence-corrected chi connectivity index (χ1v) is 6.90. The van der Waals surface area contributed by atoms with E-state index in [2.05, 4.69) is 10.4 Å². The summed E-state index contributed by atoms with van der Waals surface area (Å²) in [5.74, 6) is 5.51. The molecule has 1 amide bonds. The van der Waals surface area contributed by atoms with Crippen molar-refractivity contribution in [3.63, 3.8) is 0 Å². The molecule has 1 saturated heterocycles. The number of carbonyl (C=O) groups excluding carboxylic acids is 1. The molecule has 3 rings (SSSR count). The lowest BCUT2D eigenvalue weighted by Crippen LogP contribution is -2.39. The predicted molar refractivity (Wildman–Crippen MR) is 77.5 cm³/mol. The van der Waals surface area contributed by atoms with Crippen LogP contribution in [-0.4, -0.2) is 29.7 Å². The molecule has 6 heteroatoms. The number of pyridine rings is 1. The van der Waals surface area contributed by atoms with E-state index in [1.165, 1.54) is 0 Å². The van der Waals surface area contributed by atoms with Gasteiger partial charge in [-0.3, -0.25) is 15.2 Å². The van der Waals surface area contributed by atoms with Crippen LogP contribution in [0.2, 0.25) is 0 Å². The van der Waals surface area contributed by atoms with Gasteiger partial charge >= 0.3 is 0 Å². The lowest BCUT2D eigenvalue weighted by molar-refractivity contribution is -0.132. The number of benzene rings is 1. The molecule has 2 unspecified atom stereocenters. The van der Waals surface area contributed by atoms with E-state index in [1.807, 2.05) is 30.3 Å². The van der Waals surface area contributed by atoms with E-state index in [-0.39, 0.29) is 12.0 Å². The fraction of sp³-hybridized carbons (Fsp3) is 0.333. The number of carbonyl (C=O) groups is 1. The summed E-state index contributed by atoms with van der Waals surface area (Å²) < 4.78 is 11.3. The first-order chi connectivity index (χ1) is 10.3. The molecule has 1 aromatic heterocycles. The monoisotopic (exact) mass is 287 g/mol. The zero-order valence-corrected chi connectivity index (χ0v) is 11.5.